The molecule has 0 unspecified atom stereocenters. The van der Waals surface area contributed by atoms with E-state index in [0.717, 1.165) is 0 Å². The Morgan fingerprint density at radius 3 is 2.42 bits per heavy atom. The first-order valence-electron chi connectivity index (χ1n) is 10.4. The number of morpholine rings is 1. The fraction of sp³-hybridized carbons (Fsp3) is 0.476. The zero-order valence-electron chi connectivity index (χ0n) is 18.4. The Balaban J connectivity index is 1.93. The summed E-state index contributed by atoms with van der Waals surface area (Å²) >= 11 is 0. The fourth-order valence-corrected chi connectivity index (χ4v) is 5.02. The minimum absolute atomic E-state index is 0.00277. The number of carbonyl (C=O) groups excluding carboxylic acids is 4. The first-order valence-corrected chi connectivity index (χ1v) is 10.4. The van der Waals surface area contributed by atoms with E-state index < -0.39 is 59.1 Å². The van der Waals surface area contributed by atoms with E-state index >= 15 is 8.78 Å². The summed E-state index contributed by atoms with van der Waals surface area (Å²) in [5.41, 5.74) is 0.249. The van der Waals surface area contributed by atoms with Crippen molar-refractivity contribution in [1.29, 1.82) is 0 Å². The molecule has 33 heavy (non-hydrogen) atoms. The number of amides is 5. The summed E-state index contributed by atoms with van der Waals surface area (Å²) < 4.78 is 36.5. The van der Waals surface area contributed by atoms with Gasteiger partial charge in [0.25, 0.3) is 0 Å². The van der Waals surface area contributed by atoms with Gasteiger partial charge in [-0.3, -0.25) is 25.0 Å². The van der Waals surface area contributed by atoms with Crippen LogP contribution in [0.4, 0.5) is 19.3 Å². The molecule has 1 aromatic rings. The van der Waals surface area contributed by atoms with Gasteiger partial charge in [0.15, 0.2) is 17.0 Å². The number of hydrogen-bond donors (Lipinski definition) is 3. The predicted molar refractivity (Wildman–Crippen MR) is 111 cm³/mol. The molecule has 2 saturated heterocycles. The van der Waals surface area contributed by atoms with E-state index in [1.165, 1.54) is 24.8 Å². The molecule has 3 aliphatic rings. The van der Waals surface area contributed by atoms with Gasteiger partial charge in [0.2, 0.25) is 17.7 Å². The second kappa shape index (κ2) is 7.87. The van der Waals surface area contributed by atoms with Crippen molar-refractivity contribution in [2.24, 2.45) is 10.5 Å². The van der Waals surface area contributed by atoms with Gasteiger partial charge in [-0.2, -0.15) is 5.10 Å². The number of ether oxygens (including phenoxy) is 1. The highest BCUT2D eigenvalue weighted by atomic mass is 19.2. The highest BCUT2D eigenvalue weighted by Crippen LogP contribution is 2.48. The molecular weight excluding hydrogens is 440 g/mol. The van der Waals surface area contributed by atoms with Crippen molar-refractivity contribution >= 4 is 35.2 Å². The number of imide groups is 2. The number of rotatable bonds is 2. The molecule has 0 saturated carbocycles. The van der Waals surface area contributed by atoms with Gasteiger partial charge in [0.05, 0.1) is 29.6 Å². The summed E-state index contributed by atoms with van der Waals surface area (Å²) in [4.78, 5) is 50.6. The third-order valence-corrected chi connectivity index (χ3v) is 6.24. The maximum absolute atomic E-state index is 15.5. The molecule has 1 spiro atoms. The number of fused-ring (bicyclic) bond motifs is 4. The van der Waals surface area contributed by atoms with Crippen LogP contribution in [0.1, 0.15) is 38.8 Å². The Morgan fingerprint density at radius 1 is 1.18 bits per heavy atom. The van der Waals surface area contributed by atoms with E-state index in [9.17, 15) is 19.2 Å². The van der Waals surface area contributed by atoms with Crippen LogP contribution in [0.5, 0.6) is 0 Å². The molecule has 0 aliphatic carbocycles. The number of barbiturate groups is 1. The van der Waals surface area contributed by atoms with Crippen molar-refractivity contribution in [3.8, 4) is 0 Å². The van der Waals surface area contributed by atoms with Gasteiger partial charge >= 0.3 is 6.03 Å². The van der Waals surface area contributed by atoms with Gasteiger partial charge in [-0.25, -0.2) is 19.0 Å². The van der Waals surface area contributed by atoms with E-state index in [1.54, 1.807) is 13.8 Å². The van der Waals surface area contributed by atoms with Gasteiger partial charge in [0.1, 0.15) is 0 Å². The fourth-order valence-electron chi connectivity index (χ4n) is 5.02. The monoisotopic (exact) mass is 463 g/mol. The molecule has 1 aromatic carbocycles. The number of anilines is 1. The minimum Gasteiger partial charge on any atom is -0.372 e. The molecule has 10 nitrogen and oxygen atoms in total. The van der Waals surface area contributed by atoms with Crippen LogP contribution in [0.25, 0.3) is 0 Å². The molecule has 3 N–H and O–H groups in total. The number of carbonyl (C=O) groups is 4. The van der Waals surface area contributed by atoms with Crippen molar-refractivity contribution in [1.82, 2.24) is 16.1 Å². The lowest BCUT2D eigenvalue weighted by Crippen LogP contribution is -2.75. The van der Waals surface area contributed by atoms with E-state index in [1.807, 2.05) is 0 Å². The van der Waals surface area contributed by atoms with Crippen LogP contribution in [0.3, 0.4) is 0 Å². The molecule has 176 valence electrons. The van der Waals surface area contributed by atoms with Crippen LogP contribution < -0.4 is 21.0 Å². The molecular formula is C21H23F2N5O5. The highest BCUT2D eigenvalue weighted by Gasteiger charge is 2.63. The lowest BCUT2D eigenvalue weighted by molar-refractivity contribution is -0.153. The van der Waals surface area contributed by atoms with Crippen molar-refractivity contribution in [2.75, 3.05) is 11.4 Å². The quantitative estimate of drug-likeness (QED) is 0.337. The number of benzene rings is 1. The van der Waals surface area contributed by atoms with Gasteiger partial charge in [-0.05, 0) is 32.4 Å². The first-order chi connectivity index (χ1) is 15.5. The molecule has 3 heterocycles. The molecule has 5 amide bonds. The molecule has 2 fully saturated rings. The van der Waals surface area contributed by atoms with Crippen LogP contribution in [0.15, 0.2) is 11.2 Å². The topological polar surface area (TPSA) is 129 Å². The molecule has 0 bridgehead atoms. The highest BCUT2D eigenvalue weighted by molar-refractivity contribution is 6.20. The van der Waals surface area contributed by atoms with Crippen LogP contribution in [-0.4, -0.2) is 54.3 Å². The number of urea groups is 1. The number of halogens is 2. The lowest BCUT2D eigenvalue weighted by Gasteiger charge is -2.55. The summed E-state index contributed by atoms with van der Waals surface area (Å²) in [6.45, 7) is 6.08. The summed E-state index contributed by atoms with van der Waals surface area (Å²) in [6.07, 6.45) is -1.41. The Labute approximate surface area is 187 Å². The Kier molecular flexibility index (Phi) is 5.43. The van der Waals surface area contributed by atoms with E-state index in [4.69, 9.17) is 4.74 Å². The second-order valence-electron chi connectivity index (χ2n) is 8.56. The SMILES string of the molecule is CC(=O)N/N=C(\C)c1cc2c(c(F)c1F)N1C[C@@H](C)O[C@@H](C)[C@@H]1C1(C2)C(=O)NC(=O)NC1=O. The average molecular weight is 463 g/mol. The number of nitrogens with one attached hydrogen (secondary N) is 3. The molecule has 12 heteroatoms. The Bertz CT molecular complexity index is 1100. The summed E-state index contributed by atoms with van der Waals surface area (Å²) in [7, 11) is 0. The summed E-state index contributed by atoms with van der Waals surface area (Å²) in [5, 5.41) is 8.03. The first kappa shape index (κ1) is 22.8. The Hall–Kier alpha value is -3.41. The molecule has 0 aromatic heterocycles. The average Bonchev–Trinajstić information content (AvgIpc) is 2.71. The van der Waals surface area contributed by atoms with E-state index in [2.05, 4.69) is 21.2 Å². The van der Waals surface area contributed by atoms with Crippen LogP contribution >= 0.6 is 0 Å². The van der Waals surface area contributed by atoms with Crippen LogP contribution in [0, 0.1) is 17.0 Å². The predicted octanol–water partition coefficient (Wildman–Crippen LogP) is 0.716. The van der Waals surface area contributed by atoms with Crippen LogP contribution in [-0.2, 0) is 25.5 Å². The maximum atomic E-state index is 15.5. The summed E-state index contributed by atoms with van der Waals surface area (Å²) in [5.74, 6) is -4.50. The molecule has 3 atom stereocenters. The molecule has 3 aliphatic heterocycles. The van der Waals surface area contributed by atoms with Crippen molar-refractivity contribution in [3.05, 3.63) is 28.8 Å². The Morgan fingerprint density at radius 2 is 1.82 bits per heavy atom. The zero-order chi connectivity index (χ0) is 24.2. The number of hydrogen-bond acceptors (Lipinski definition) is 7. The third-order valence-electron chi connectivity index (χ3n) is 6.24. The van der Waals surface area contributed by atoms with E-state index in [-0.39, 0.29) is 35.5 Å². The standard InChI is InChI=1S/C21H23F2N5O5/c1-8-7-28-16-12(5-13(14(22)15(16)23)9(2)26-27-11(4)29)6-21(17(28)10(3)33-8)18(30)24-20(32)25-19(21)31/h5,8,10,17H,6-7H2,1-4H3,(H,27,29)(H2,24,25,30,31,32)/b26-9+/t8-,10+,17-/m1/s1. The number of hydrazone groups is 1. The van der Waals surface area contributed by atoms with Crippen molar-refractivity contribution in [3.63, 3.8) is 0 Å². The largest absolute Gasteiger partial charge is 0.372 e. The normalized spacial score (nSPS) is 26.4. The van der Waals surface area contributed by atoms with Gasteiger partial charge < -0.3 is 9.64 Å². The maximum Gasteiger partial charge on any atom is 0.328 e. The van der Waals surface area contributed by atoms with Gasteiger partial charge in [-0.15, -0.1) is 0 Å². The van der Waals surface area contributed by atoms with Crippen molar-refractivity contribution < 1.29 is 32.7 Å². The summed E-state index contributed by atoms with van der Waals surface area (Å²) in [6, 6.07) is -0.619. The second-order valence-corrected chi connectivity index (χ2v) is 8.56. The molecule has 4 rings (SSSR count). The molecule has 0 radical (unpaired) electrons. The minimum atomic E-state index is -1.81. The lowest BCUT2D eigenvalue weighted by atomic mass is 9.66. The third kappa shape index (κ3) is 3.45. The van der Waals surface area contributed by atoms with Gasteiger partial charge in [0, 0.05) is 25.5 Å². The van der Waals surface area contributed by atoms with Crippen LogP contribution in [0.2, 0.25) is 0 Å². The van der Waals surface area contributed by atoms with E-state index in [0.29, 0.717) is 0 Å². The smallest absolute Gasteiger partial charge is 0.328 e. The van der Waals surface area contributed by atoms with Gasteiger partial charge in [-0.1, -0.05) is 0 Å². The number of nitrogens with zero attached hydrogens (tertiary/aromatic N) is 2. The zero-order valence-corrected chi connectivity index (χ0v) is 18.4. The van der Waals surface area contributed by atoms with Crippen molar-refractivity contribution in [2.45, 2.75) is 52.4 Å².